The van der Waals surface area contributed by atoms with Crippen LogP contribution in [0, 0.1) is 0 Å². The second kappa shape index (κ2) is 5.43. The van der Waals surface area contributed by atoms with E-state index in [2.05, 4.69) is 34.3 Å². The predicted molar refractivity (Wildman–Crippen MR) is 71.0 cm³/mol. The average Bonchev–Trinajstić information content (AvgIpc) is 2.96. The quantitative estimate of drug-likeness (QED) is 0.891. The molecule has 2 rings (SSSR count). The molecule has 0 amide bonds. The van der Waals surface area contributed by atoms with Crippen LogP contribution in [0.1, 0.15) is 17.5 Å². The van der Waals surface area contributed by atoms with Crippen LogP contribution >= 0.6 is 22.7 Å². The fourth-order valence-corrected chi connectivity index (χ4v) is 3.06. The molecule has 0 radical (unpaired) electrons. The highest BCUT2D eigenvalue weighted by Crippen LogP contribution is 2.23. The van der Waals surface area contributed by atoms with Crippen LogP contribution in [0.25, 0.3) is 0 Å². The lowest BCUT2D eigenvalue weighted by molar-refractivity contribution is 0.830. The molecule has 86 valence electrons. The summed E-state index contributed by atoms with van der Waals surface area (Å²) in [5, 5.41) is 5.21. The summed E-state index contributed by atoms with van der Waals surface area (Å²) in [6.07, 6.45) is 0. The van der Waals surface area contributed by atoms with E-state index in [4.69, 9.17) is 5.73 Å². The summed E-state index contributed by atoms with van der Waals surface area (Å²) in [6.45, 7) is 4.57. The summed E-state index contributed by atoms with van der Waals surface area (Å²) < 4.78 is 0. The highest BCUT2D eigenvalue weighted by Gasteiger charge is 2.09. The smallest absolute Gasteiger partial charge is 0.185 e. The van der Waals surface area contributed by atoms with Crippen LogP contribution in [0.5, 0.6) is 0 Å². The normalized spacial score (nSPS) is 10.6. The van der Waals surface area contributed by atoms with Gasteiger partial charge in [-0.05, 0) is 18.4 Å². The van der Waals surface area contributed by atoms with Gasteiger partial charge in [0.2, 0.25) is 0 Å². The zero-order chi connectivity index (χ0) is 11.4. The molecule has 0 saturated heterocycles. The van der Waals surface area contributed by atoms with Crippen molar-refractivity contribution < 1.29 is 0 Å². The van der Waals surface area contributed by atoms with Crippen LogP contribution in [0.3, 0.4) is 0 Å². The number of aromatic nitrogens is 1. The number of thiophene rings is 1. The maximum atomic E-state index is 5.57. The lowest BCUT2D eigenvalue weighted by Gasteiger charge is -2.18. The molecule has 2 N–H and O–H groups in total. The first kappa shape index (κ1) is 11.6. The summed E-state index contributed by atoms with van der Waals surface area (Å²) in [7, 11) is 0. The molecule has 0 aromatic carbocycles. The number of nitrogens with zero attached hydrogens (tertiary/aromatic N) is 2. The van der Waals surface area contributed by atoms with Gasteiger partial charge in [-0.1, -0.05) is 6.07 Å². The second-order valence-electron chi connectivity index (χ2n) is 3.42. The van der Waals surface area contributed by atoms with Crippen molar-refractivity contribution in [2.45, 2.75) is 20.0 Å². The Morgan fingerprint density at radius 1 is 1.44 bits per heavy atom. The van der Waals surface area contributed by atoms with Gasteiger partial charge in [0.05, 0.1) is 12.2 Å². The van der Waals surface area contributed by atoms with Gasteiger partial charge in [-0.25, -0.2) is 4.98 Å². The molecule has 0 atom stereocenters. The molecular formula is C11H15N3S2. The van der Waals surface area contributed by atoms with Crippen LogP contribution in [0.2, 0.25) is 0 Å². The summed E-state index contributed by atoms with van der Waals surface area (Å²) >= 11 is 3.45. The monoisotopic (exact) mass is 253 g/mol. The van der Waals surface area contributed by atoms with E-state index in [1.165, 1.54) is 4.88 Å². The molecule has 2 aromatic heterocycles. The Morgan fingerprint density at radius 3 is 2.88 bits per heavy atom. The third kappa shape index (κ3) is 2.61. The summed E-state index contributed by atoms with van der Waals surface area (Å²) in [5.74, 6) is 0. The second-order valence-corrected chi connectivity index (χ2v) is 5.29. The first-order valence-corrected chi connectivity index (χ1v) is 7.01. The van der Waals surface area contributed by atoms with Crippen molar-refractivity contribution >= 4 is 27.8 Å². The van der Waals surface area contributed by atoms with Crippen LogP contribution in [0.15, 0.2) is 22.9 Å². The number of rotatable bonds is 5. The zero-order valence-electron chi connectivity index (χ0n) is 9.22. The molecule has 2 heterocycles. The Bertz CT molecular complexity index is 422. The van der Waals surface area contributed by atoms with Gasteiger partial charge in [-0.2, -0.15) is 0 Å². The van der Waals surface area contributed by atoms with E-state index in [0.29, 0.717) is 6.54 Å². The molecule has 0 aliphatic carbocycles. The van der Waals surface area contributed by atoms with Crippen molar-refractivity contribution in [1.82, 2.24) is 4.98 Å². The van der Waals surface area contributed by atoms with Gasteiger partial charge in [0, 0.05) is 23.3 Å². The number of anilines is 1. The molecular weight excluding hydrogens is 238 g/mol. The van der Waals surface area contributed by atoms with Gasteiger partial charge in [0.25, 0.3) is 0 Å². The molecule has 0 aliphatic heterocycles. The molecule has 2 aromatic rings. The van der Waals surface area contributed by atoms with E-state index in [1.807, 2.05) is 5.38 Å². The Hall–Kier alpha value is -0.910. The van der Waals surface area contributed by atoms with Gasteiger partial charge in [0.1, 0.15) is 0 Å². The fraction of sp³-hybridized carbons (Fsp3) is 0.364. The Morgan fingerprint density at radius 2 is 2.31 bits per heavy atom. The minimum Gasteiger partial charge on any atom is -0.343 e. The minimum atomic E-state index is 0.521. The van der Waals surface area contributed by atoms with Gasteiger partial charge in [-0.15, -0.1) is 22.7 Å². The Balaban J connectivity index is 2.10. The molecule has 0 bridgehead atoms. The number of hydrogen-bond donors (Lipinski definition) is 1. The average molecular weight is 253 g/mol. The van der Waals surface area contributed by atoms with Crippen molar-refractivity contribution in [3.05, 3.63) is 33.5 Å². The number of nitrogens with two attached hydrogens (primary N) is 1. The summed E-state index contributed by atoms with van der Waals surface area (Å²) in [6, 6.07) is 4.24. The lowest BCUT2D eigenvalue weighted by Crippen LogP contribution is -2.21. The topological polar surface area (TPSA) is 42.2 Å². The molecule has 5 heteroatoms. The third-order valence-electron chi connectivity index (χ3n) is 2.33. The van der Waals surface area contributed by atoms with Gasteiger partial charge < -0.3 is 10.6 Å². The zero-order valence-corrected chi connectivity index (χ0v) is 10.9. The Labute approximate surface area is 104 Å². The Kier molecular flexibility index (Phi) is 3.93. The standard InChI is InChI=1S/C11H15N3S2/c1-2-14(7-10-4-3-5-15-10)11-13-9(6-12)8-16-11/h3-5,8H,2,6-7,12H2,1H3. The SMILES string of the molecule is CCN(Cc1cccs1)c1nc(CN)cs1. The molecule has 0 fully saturated rings. The molecule has 0 spiro atoms. The van der Waals surface area contributed by atoms with Crippen molar-refractivity contribution in [3.8, 4) is 0 Å². The van der Waals surface area contributed by atoms with Crippen LogP contribution in [-0.4, -0.2) is 11.5 Å². The van der Waals surface area contributed by atoms with Crippen molar-refractivity contribution in [2.24, 2.45) is 5.73 Å². The highest BCUT2D eigenvalue weighted by atomic mass is 32.1. The first-order chi connectivity index (χ1) is 7.83. The maximum Gasteiger partial charge on any atom is 0.185 e. The van der Waals surface area contributed by atoms with E-state index in [9.17, 15) is 0 Å². The van der Waals surface area contributed by atoms with Crippen LogP contribution in [-0.2, 0) is 13.1 Å². The molecule has 0 aliphatic rings. The van der Waals surface area contributed by atoms with Crippen LogP contribution in [0.4, 0.5) is 5.13 Å². The van der Waals surface area contributed by atoms with Crippen molar-refractivity contribution in [3.63, 3.8) is 0 Å². The van der Waals surface area contributed by atoms with Gasteiger partial charge >= 0.3 is 0 Å². The molecule has 3 nitrogen and oxygen atoms in total. The molecule has 16 heavy (non-hydrogen) atoms. The fourth-order valence-electron chi connectivity index (χ4n) is 1.44. The van der Waals surface area contributed by atoms with E-state index < -0.39 is 0 Å². The summed E-state index contributed by atoms with van der Waals surface area (Å²) in [5.41, 5.74) is 6.55. The minimum absolute atomic E-state index is 0.521. The number of thiazole rings is 1. The third-order valence-corrected chi connectivity index (χ3v) is 4.14. The van der Waals surface area contributed by atoms with Gasteiger partial charge in [0.15, 0.2) is 5.13 Å². The van der Waals surface area contributed by atoms with E-state index in [0.717, 1.165) is 23.9 Å². The van der Waals surface area contributed by atoms with Crippen LogP contribution < -0.4 is 10.6 Å². The van der Waals surface area contributed by atoms with Crippen molar-refractivity contribution in [1.29, 1.82) is 0 Å². The molecule has 0 unspecified atom stereocenters. The van der Waals surface area contributed by atoms with Crippen molar-refractivity contribution in [2.75, 3.05) is 11.4 Å². The van der Waals surface area contributed by atoms with Gasteiger partial charge in [-0.3, -0.25) is 0 Å². The highest BCUT2D eigenvalue weighted by molar-refractivity contribution is 7.13. The molecule has 0 saturated carbocycles. The maximum absolute atomic E-state index is 5.57. The van der Waals surface area contributed by atoms with E-state index in [1.54, 1.807) is 22.7 Å². The lowest BCUT2D eigenvalue weighted by atomic mass is 10.4. The van der Waals surface area contributed by atoms with E-state index in [-0.39, 0.29) is 0 Å². The largest absolute Gasteiger partial charge is 0.343 e. The summed E-state index contributed by atoms with van der Waals surface area (Å²) in [4.78, 5) is 8.14. The predicted octanol–water partition coefficient (Wildman–Crippen LogP) is 2.69. The van der Waals surface area contributed by atoms with E-state index >= 15 is 0 Å². The first-order valence-electron chi connectivity index (χ1n) is 5.25. The number of hydrogen-bond acceptors (Lipinski definition) is 5.